The molecule has 2 aliphatic rings. The predicted molar refractivity (Wildman–Crippen MR) is 117 cm³/mol. The molecule has 1 unspecified atom stereocenters. The molecule has 0 bridgehead atoms. The van der Waals surface area contributed by atoms with Crippen LogP contribution in [0, 0.1) is 0 Å². The Balaban J connectivity index is 0.00000243. The van der Waals surface area contributed by atoms with Crippen LogP contribution >= 0.6 is 40.1 Å². The van der Waals surface area contributed by atoms with Gasteiger partial charge in [0.15, 0.2) is 5.17 Å². The topological polar surface area (TPSA) is 35.9 Å². The molecule has 1 atom stereocenters. The summed E-state index contributed by atoms with van der Waals surface area (Å²) in [5.74, 6) is 0.924. The number of nitrogens with zero attached hydrogens (tertiary/aromatic N) is 3. The fraction of sp³-hybridized carbons (Fsp3) is 0.579. The van der Waals surface area contributed by atoms with Gasteiger partial charge in [0.2, 0.25) is 5.91 Å². The van der Waals surface area contributed by atoms with Crippen LogP contribution in [0.25, 0.3) is 0 Å². The number of anilines is 1. The van der Waals surface area contributed by atoms with Crippen molar-refractivity contribution in [3.05, 3.63) is 28.7 Å². The molecule has 0 N–H and O–H groups in total. The Bertz CT molecular complexity index is 632. The normalized spacial score (nSPS) is 22.8. The average Bonchev–Trinajstić information content (AvgIpc) is 2.78. The summed E-state index contributed by atoms with van der Waals surface area (Å²) < 4.78 is 1.02. The first-order chi connectivity index (χ1) is 12.1. The summed E-state index contributed by atoms with van der Waals surface area (Å²) in [5, 5.41) is 1.08. The molecule has 1 aliphatic carbocycles. The van der Waals surface area contributed by atoms with Gasteiger partial charge < -0.3 is 4.90 Å². The quantitative estimate of drug-likeness (QED) is 0.574. The molecular formula is C19H27BrClN3OS. The molecule has 0 spiro atoms. The number of hydrogen-bond donors (Lipinski definition) is 0. The molecule has 3 rings (SSSR count). The van der Waals surface area contributed by atoms with Gasteiger partial charge in [0.25, 0.3) is 0 Å². The highest BCUT2D eigenvalue weighted by Gasteiger charge is 2.34. The number of benzene rings is 1. The Morgan fingerprint density at radius 1 is 1.19 bits per heavy atom. The third kappa shape index (κ3) is 5.17. The second kappa shape index (κ2) is 10.00. The summed E-state index contributed by atoms with van der Waals surface area (Å²) in [6, 6.07) is 8.39. The number of amides is 1. The van der Waals surface area contributed by atoms with E-state index in [-0.39, 0.29) is 24.5 Å². The van der Waals surface area contributed by atoms with E-state index in [1.165, 1.54) is 38.5 Å². The van der Waals surface area contributed by atoms with Crippen molar-refractivity contribution in [2.75, 3.05) is 17.7 Å². The molecule has 1 aliphatic heterocycles. The van der Waals surface area contributed by atoms with Gasteiger partial charge in [-0.05, 0) is 37.1 Å². The van der Waals surface area contributed by atoms with Crippen LogP contribution in [0.3, 0.4) is 0 Å². The van der Waals surface area contributed by atoms with E-state index in [0.29, 0.717) is 6.04 Å². The smallest absolute Gasteiger partial charge is 0.225 e. The minimum atomic E-state index is 0. The van der Waals surface area contributed by atoms with Crippen molar-refractivity contribution in [3.8, 4) is 0 Å². The van der Waals surface area contributed by atoms with E-state index in [9.17, 15) is 4.79 Å². The van der Waals surface area contributed by atoms with E-state index in [0.717, 1.165) is 21.1 Å². The van der Waals surface area contributed by atoms with E-state index in [1.807, 2.05) is 29.2 Å². The molecule has 0 radical (unpaired) electrons. The fourth-order valence-electron chi connectivity index (χ4n) is 3.57. The lowest BCUT2D eigenvalue weighted by atomic mass is 10.1. The van der Waals surface area contributed by atoms with E-state index in [2.05, 4.69) is 27.9 Å². The Labute approximate surface area is 175 Å². The predicted octanol–water partition coefficient (Wildman–Crippen LogP) is 5.31. The summed E-state index contributed by atoms with van der Waals surface area (Å²) in [7, 11) is 2.06. The average molecular weight is 461 g/mol. The zero-order valence-electron chi connectivity index (χ0n) is 15.4. The van der Waals surface area contributed by atoms with E-state index in [1.54, 1.807) is 18.7 Å². The Morgan fingerprint density at radius 3 is 2.38 bits per heavy atom. The van der Waals surface area contributed by atoms with Gasteiger partial charge in [-0.3, -0.25) is 14.7 Å². The molecule has 0 aromatic heterocycles. The number of aliphatic imine (C=N–C) groups is 1. The van der Waals surface area contributed by atoms with Crippen molar-refractivity contribution < 1.29 is 4.79 Å². The maximum absolute atomic E-state index is 12.3. The maximum Gasteiger partial charge on any atom is 0.225 e. The zero-order chi connectivity index (χ0) is 17.8. The first-order valence-corrected chi connectivity index (χ1v) is 10.8. The standard InChI is InChI=1S/C19H26BrN3OS.ClH/c1-14(24)23(17-11-9-15(20)10-12-17)18-13-25-19(22(18)2)21-16-7-5-3-4-6-8-16;/h9-12,16,18H,3-8,13H2,1-2H3;1H. The van der Waals surface area contributed by atoms with Gasteiger partial charge in [-0.15, -0.1) is 12.4 Å². The number of carbonyl (C=O) groups excluding carboxylic acids is 1. The summed E-state index contributed by atoms with van der Waals surface area (Å²) >= 11 is 5.24. The third-order valence-electron chi connectivity index (χ3n) is 4.97. The number of carbonyl (C=O) groups is 1. The lowest BCUT2D eigenvalue weighted by molar-refractivity contribution is -0.117. The molecule has 7 heteroatoms. The number of halogens is 2. The number of rotatable bonds is 3. The summed E-state index contributed by atoms with van der Waals surface area (Å²) in [4.78, 5) is 21.4. The van der Waals surface area contributed by atoms with Crippen molar-refractivity contribution >= 4 is 56.9 Å². The number of hydrogen-bond acceptors (Lipinski definition) is 3. The Morgan fingerprint density at radius 2 is 1.81 bits per heavy atom. The SMILES string of the molecule is CC(=O)N(c1ccc(Br)cc1)C1CSC(=NC2CCCCCC2)N1C.Cl. The van der Waals surface area contributed by atoms with Gasteiger partial charge in [0.05, 0.1) is 6.04 Å². The minimum Gasteiger partial charge on any atom is -0.333 e. The molecular weight excluding hydrogens is 434 g/mol. The van der Waals surface area contributed by atoms with Crippen molar-refractivity contribution in [1.82, 2.24) is 4.90 Å². The maximum atomic E-state index is 12.3. The van der Waals surface area contributed by atoms with Crippen molar-refractivity contribution in [3.63, 3.8) is 0 Å². The zero-order valence-corrected chi connectivity index (χ0v) is 18.6. The van der Waals surface area contributed by atoms with Crippen molar-refractivity contribution in [2.24, 2.45) is 4.99 Å². The van der Waals surface area contributed by atoms with Gasteiger partial charge in [-0.2, -0.15) is 0 Å². The van der Waals surface area contributed by atoms with Crippen LogP contribution in [0.2, 0.25) is 0 Å². The van der Waals surface area contributed by atoms with E-state index < -0.39 is 0 Å². The summed E-state index contributed by atoms with van der Waals surface area (Å²) in [6.45, 7) is 1.64. The highest BCUT2D eigenvalue weighted by molar-refractivity contribution is 9.10. The molecule has 1 saturated carbocycles. The molecule has 2 fully saturated rings. The lowest BCUT2D eigenvalue weighted by Crippen LogP contribution is -2.48. The second-order valence-corrected chi connectivity index (χ2v) is 8.73. The van der Waals surface area contributed by atoms with Crippen molar-refractivity contribution in [2.45, 2.75) is 57.7 Å². The molecule has 144 valence electrons. The van der Waals surface area contributed by atoms with Gasteiger partial charge >= 0.3 is 0 Å². The fourth-order valence-corrected chi connectivity index (χ4v) is 5.06. The first kappa shape index (κ1) is 21.6. The summed E-state index contributed by atoms with van der Waals surface area (Å²) in [5.41, 5.74) is 0.934. The van der Waals surface area contributed by atoms with Gasteiger partial charge in [-0.1, -0.05) is 53.4 Å². The highest BCUT2D eigenvalue weighted by Crippen LogP contribution is 2.31. The molecule has 1 aromatic rings. The monoisotopic (exact) mass is 459 g/mol. The van der Waals surface area contributed by atoms with Crippen LogP contribution in [-0.2, 0) is 4.79 Å². The number of thioether (sulfide) groups is 1. The van der Waals surface area contributed by atoms with Crippen LogP contribution in [0.15, 0.2) is 33.7 Å². The van der Waals surface area contributed by atoms with Crippen LogP contribution < -0.4 is 4.90 Å². The molecule has 1 heterocycles. The molecule has 1 saturated heterocycles. The third-order valence-corrected chi connectivity index (χ3v) is 6.62. The lowest BCUT2D eigenvalue weighted by Gasteiger charge is -2.33. The largest absolute Gasteiger partial charge is 0.333 e. The van der Waals surface area contributed by atoms with Gasteiger partial charge in [-0.25, -0.2) is 0 Å². The second-order valence-electron chi connectivity index (χ2n) is 6.83. The number of amidine groups is 1. The molecule has 1 amide bonds. The van der Waals surface area contributed by atoms with Crippen LogP contribution in [0.4, 0.5) is 5.69 Å². The summed E-state index contributed by atoms with van der Waals surface area (Å²) in [6.07, 6.45) is 7.68. The molecule has 4 nitrogen and oxygen atoms in total. The molecule has 26 heavy (non-hydrogen) atoms. The van der Waals surface area contributed by atoms with E-state index in [4.69, 9.17) is 4.99 Å². The Kier molecular flexibility index (Phi) is 8.30. The first-order valence-electron chi connectivity index (χ1n) is 9.05. The molecule has 1 aromatic carbocycles. The van der Waals surface area contributed by atoms with Crippen LogP contribution in [0.5, 0.6) is 0 Å². The van der Waals surface area contributed by atoms with Gasteiger partial charge in [0, 0.05) is 29.9 Å². The van der Waals surface area contributed by atoms with Crippen LogP contribution in [-0.4, -0.2) is 41.0 Å². The van der Waals surface area contributed by atoms with Crippen molar-refractivity contribution in [1.29, 1.82) is 0 Å². The van der Waals surface area contributed by atoms with E-state index >= 15 is 0 Å². The van der Waals surface area contributed by atoms with Crippen LogP contribution in [0.1, 0.15) is 45.4 Å². The minimum absolute atomic E-state index is 0. The highest BCUT2D eigenvalue weighted by atomic mass is 79.9. The van der Waals surface area contributed by atoms with Gasteiger partial charge in [0.1, 0.15) is 6.17 Å². The Hall–Kier alpha value is -0.720.